The van der Waals surface area contributed by atoms with E-state index >= 15 is 0 Å². The number of hydrogen-bond acceptors (Lipinski definition) is 2. The molecule has 0 aromatic heterocycles. The van der Waals surface area contributed by atoms with E-state index in [9.17, 15) is 9.90 Å². The molecule has 0 saturated heterocycles. The molecule has 4 fully saturated rings. The molecule has 0 aliphatic heterocycles. The lowest BCUT2D eigenvalue weighted by atomic mass is 9.48. The Balaban J connectivity index is 1.56. The second kappa shape index (κ2) is 6.33. The van der Waals surface area contributed by atoms with Crippen molar-refractivity contribution in [2.24, 2.45) is 46.8 Å². The minimum absolute atomic E-state index is 0.255. The monoisotopic (exact) mass is 410 g/mol. The fourth-order valence-corrected chi connectivity index (χ4v) is 8.26. The highest BCUT2D eigenvalue weighted by atomic mass is 79.9. The highest BCUT2D eigenvalue weighted by molar-refractivity contribution is 9.09. The van der Waals surface area contributed by atoms with Gasteiger partial charge in [0, 0.05) is 5.92 Å². The first-order chi connectivity index (χ1) is 11.8. The second-order valence-electron chi connectivity index (χ2n) is 10.4. The van der Waals surface area contributed by atoms with Crippen molar-refractivity contribution in [1.82, 2.24) is 0 Å². The van der Waals surface area contributed by atoms with Gasteiger partial charge in [0.25, 0.3) is 0 Å². The Kier molecular flexibility index (Phi) is 4.68. The summed E-state index contributed by atoms with van der Waals surface area (Å²) in [7, 11) is 0. The normalized spacial score (nSPS) is 55.2. The Labute approximate surface area is 161 Å². The van der Waals surface area contributed by atoms with Crippen LogP contribution in [-0.4, -0.2) is 21.8 Å². The predicted molar refractivity (Wildman–Crippen MR) is 105 cm³/mol. The van der Waals surface area contributed by atoms with Crippen LogP contribution in [0.15, 0.2) is 0 Å². The van der Waals surface area contributed by atoms with Crippen LogP contribution in [0.5, 0.6) is 0 Å². The van der Waals surface area contributed by atoms with Crippen LogP contribution in [0, 0.1) is 46.8 Å². The van der Waals surface area contributed by atoms with Crippen LogP contribution in [0.2, 0.25) is 0 Å². The topological polar surface area (TPSA) is 37.3 Å². The lowest BCUT2D eigenvalue weighted by Gasteiger charge is -2.58. The summed E-state index contributed by atoms with van der Waals surface area (Å²) in [6.07, 6.45) is 9.82. The molecule has 0 radical (unpaired) electrons. The van der Waals surface area contributed by atoms with Gasteiger partial charge in [-0.05, 0) is 99.2 Å². The molecular formula is C22H35BrO2. The van der Waals surface area contributed by atoms with Gasteiger partial charge in [0.1, 0.15) is 5.78 Å². The van der Waals surface area contributed by atoms with Gasteiger partial charge in [0.05, 0.1) is 10.9 Å². The second-order valence-corrected chi connectivity index (χ2v) is 11.0. The standard InChI is InChI=1S/C22H35BrO2/c1-13-10-17-14(11-22(13,3)25)4-5-16-15(17)8-9-21(2)18(16)6-7-19(21)20(24)12-23/h13-19,25H,4-12H2,1-3H3. The Bertz CT molecular complexity index is 544. The van der Waals surface area contributed by atoms with Crippen molar-refractivity contribution < 1.29 is 9.90 Å². The van der Waals surface area contributed by atoms with E-state index in [0.717, 1.165) is 42.4 Å². The maximum Gasteiger partial charge on any atom is 0.147 e. The number of aliphatic hydroxyl groups is 1. The number of fused-ring (bicyclic) bond motifs is 5. The highest BCUT2D eigenvalue weighted by Gasteiger charge is 2.59. The summed E-state index contributed by atoms with van der Waals surface area (Å²) in [6.45, 7) is 6.75. The number of alkyl halides is 1. The number of halogens is 1. The van der Waals surface area contributed by atoms with E-state index in [1.165, 1.54) is 38.5 Å². The summed E-state index contributed by atoms with van der Waals surface area (Å²) in [5.41, 5.74) is -0.206. The molecule has 25 heavy (non-hydrogen) atoms. The maximum absolute atomic E-state index is 12.5. The highest BCUT2D eigenvalue weighted by Crippen LogP contribution is 2.65. The van der Waals surface area contributed by atoms with E-state index in [2.05, 4.69) is 36.7 Å². The number of carbonyl (C=O) groups is 1. The zero-order valence-corrected chi connectivity index (χ0v) is 17.7. The fourth-order valence-electron chi connectivity index (χ4n) is 7.87. The summed E-state index contributed by atoms with van der Waals surface area (Å²) >= 11 is 3.42. The van der Waals surface area contributed by atoms with E-state index < -0.39 is 5.60 Å². The summed E-state index contributed by atoms with van der Waals surface area (Å²) in [6, 6.07) is 0. The molecule has 0 bridgehead atoms. The van der Waals surface area contributed by atoms with Gasteiger partial charge in [-0.25, -0.2) is 0 Å². The molecule has 3 heteroatoms. The van der Waals surface area contributed by atoms with Gasteiger partial charge in [0.15, 0.2) is 0 Å². The number of ketones is 1. The molecule has 0 aromatic carbocycles. The Morgan fingerprint density at radius 1 is 1.08 bits per heavy atom. The minimum atomic E-state index is -0.460. The number of rotatable bonds is 2. The van der Waals surface area contributed by atoms with E-state index in [-0.39, 0.29) is 5.41 Å². The SMILES string of the molecule is CC1CC2C(CCC3C2CCC2(C)C(C(=O)CBr)CCC32)CC1(C)O. The average molecular weight is 411 g/mol. The molecule has 0 spiro atoms. The Morgan fingerprint density at radius 3 is 2.56 bits per heavy atom. The lowest BCUT2D eigenvalue weighted by molar-refractivity contribution is -0.134. The molecule has 4 aliphatic carbocycles. The van der Waals surface area contributed by atoms with E-state index in [0.29, 0.717) is 22.9 Å². The van der Waals surface area contributed by atoms with Crippen molar-refractivity contribution in [3.63, 3.8) is 0 Å². The molecule has 0 amide bonds. The van der Waals surface area contributed by atoms with Gasteiger partial charge in [-0.3, -0.25) is 4.79 Å². The molecule has 0 aromatic rings. The number of hydrogen-bond donors (Lipinski definition) is 1. The molecular weight excluding hydrogens is 376 g/mol. The lowest BCUT2D eigenvalue weighted by Crippen LogP contribution is -2.53. The fraction of sp³-hybridized carbons (Fsp3) is 0.955. The summed E-state index contributed by atoms with van der Waals surface area (Å²) in [4.78, 5) is 12.5. The van der Waals surface area contributed by atoms with Crippen LogP contribution in [0.25, 0.3) is 0 Å². The van der Waals surface area contributed by atoms with Crippen molar-refractivity contribution in [2.75, 3.05) is 5.33 Å². The van der Waals surface area contributed by atoms with E-state index in [1.807, 2.05) is 0 Å². The molecule has 9 atom stereocenters. The van der Waals surface area contributed by atoms with Crippen molar-refractivity contribution in [2.45, 2.75) is 77.7 Å². The zero-order valence-electron chi connectivity index (χ0n) is 16.1. The van der Waals surface area contributed by atoms with E-state index in [4.69, 9.17) is 0 Å². The first-order valence-electron chi connectivity index (χ1n) is 10.6. The largest absolute Gasteiger partial charge is 0.390 e. The van der Waals surface area contributed by atoms with Crippen molar-refractivity contribution in [3.05, 3.63) is 0 Å². The summed E-state index contributed by atoms with van der Waals surface area (Å²) in [5, 5.41) is 11.3. The third kappa shape index (κ3) is 2.78. The number of carbonyl (C=O) groups excluding carboxylic acids is 1. The van der Waals surface area contributed by atoms with Gasteiger partial charge < -0.3 is 5.11 Å². The molecule has 4 aliphatic rings. The molecule has 4 rings (SSSR count). The van der Waals surface area contributed by atoms with Crippen LogP contribution >= 0.6 is 15.9 Å². The average Bonchev–Trinajstić information content (AvgIpc) is 2.92. The summed E-state index contributed by atoms with van der Waals surface area (Å²) in [5.74, 6) is 5.17. The van der Waals surface area contributed by atoms with Crippen LogP contribution < -0.4 is 0 Å². The van der Waals surface area contributed by atoms with Gasteiger partial charge in [-0.15, -0.1) is 0 Å². The Morgan fingerprint density at radius 2 is 1.84 bits per heavy atom. The molecule has 2 nitrogen and oxygen atoms in total. The van der Waals surface area contributed by atoms with Gasteiger partial charge >= 0.3 is 0 Å². The third-order valence-corrected chi connectivity index (χ3v) is 9.95. The van der Waals surface area contributed by atoms with Gasteiger partial charge in [-0.1, -0.05) is 29.8 Å². The Hall–Kier alpha value is 0.110. The molecule has 4 saturated carbocycles. The van der Waals surface area contributed by atoms with E-state index in [1.54, 1.807) is 0 Å². The third-order valence-electron chi connectivity index (χ3n) is 9.40. The molecule has 9 unspecified atom stereocenters. The minimum Gasteiger partial charge on any atom is -0.390 e. The molecule has 1 N–H and O–H groups in total. The van der Waals surface area contributed by atoms with Crippen LogP contribution in [0.4, 0.5) is 0 Å². The maximum atomic E-state index is 12.5. The zero-order chi connectivity index (χ0) is 18.0. The van der Waals surface area contributed by atoms with Crippen LogP contribution in [-0.2, 0) is 4.79 Å². The van der Waals surface area contributed by atoms with Crippen molar-refractivity contribution in [3.8, 4) is 0 Å². The van der Waals surface area contributed by atoms with Crippen molar-refractivity contribution >= 4 is 21.7 Å². The van der Waals surface area contributed by atoms with Gasteiger partial charge in [0.2, 0.25) is 0 Å². The number of Topliss-reactive ketones (excluding diaryl/α,β-unsaturated/α-hetero) is 1. The smallest absolute Gasteiger partial charge is 0.147 e. The quantitative estimate of drug-likeness (QED) is 0.633. The van der Waals surface area contributed by atoms with Gasteiger partial charge in [-0.2, -0.15) is 0 Å². The summed E-state index contributed by atoms with van der Waals surface area (Å²) < 4.78 is 0. The van der Waals surface area contributed by atoms with Crippen LogP contribution in [0.3, 0.4) is 0 Å². The van der Waals surface area contributed by atoms with Crippen molar-refractivity contribution in [1.29, 1.82) is 0 Å². The van der Waals surface area contributed by atoms with Crippen LogP contribution in [0.1, 0.15) is 72.1 Å². The predicted octanol–water partition coefficient (Wildman–Crippen LogP) is 5.22. The molecule has 0 heterocycles. The first-order valence-corrected chi connectivity index (χ1v) is 11.7. The molecule has 142 valence electrons. The first kappa shape index (κ1) is 18.5.